The van der Waals surface area contributed by atoms with Crippen molar-refractivity contribution in [2.75, 3.05) is 0 Å². The van der Waals surface area contributed by atoms with Crippen molar-refractivity contribution in [1.29, 1.82) is 0 Å². The minimum absolute atomic E-state index is 0.0325. The zero-order chi connectivity index (χ0) is 14.2. The number of rotatable bonds is 2. The maximum atomic E-state index is 13.8. The SMILES string of the molecule is Cc1cc(C(=O)c2cc(Cl)c(Br)cc2F)ccc1Br. The molecule has 0 aliphatic heterocycles. The lowest BCUT2D eigenvalue weighted by atomic mass is 10.0. The van der Waals surface area contributed by atoms with Gasteiger partial charge in [0.2, 0.25) is 0 Å². The lowest BCUT2D eigenvalue weighted by Gasteiger charge is -2.06. The predicted octanol–water partition coefficient (Wildman–Crippen LogP) is 5.54. The summed E-state index contributed by atoms with van der Waals surface area (Å²) in [6, 6.07) is 7.65. The molecule has 0 bridgehead atoms. The summed E-state index contributed by atoms with van der Waals surface area (Å²) in [5.74, 6) is -0.982. The third-order valence-corrected chi connectivity index (χ3v) is 4.76. The van der Waals surface area contributed by atoms with Crippen LogP contribution in [0.1, 0.15) is 21.5 Å². The van der Waals surface area contributed by atoms with Gasteiger partial charge in [-0.2, -0.15) is 0 Å². The van der Waals surface area contributed by atoms with E-state index in [1.807, 2.05) is 6.92 Å². The zero-order valence-electron chi connectivity index (χ0n) is 9.81. The van der Waals surface area contributed by atoms with Crippen LogP contribution >= 0.6 is 43.5 Å². The van der Waals surface area contributed by atoms with Gasteiger partial charge in [-0.25, -0.2) is 4.39 Å². The molecule has 0 N–H and O–H groups in total. The predicted molar refractivity (Wildman–Crippen MR) is 81.4 cm³/mol. The summed E-state index contributed by atoms with van der Waals surface area (Å²) in [4.78, 5) is 12.3. The van der Waals surface area contributed by atoms with Gasteiger partial charge in [0.15, 0.2) is 5.78 Å². The van der Waals surface area contributed by atoms with Crippen LogP contribution in [0.2, 0.25) is 5.02 Å². The molecular weight excluding hydrogens is 398 g/mol. The van der Waals surface area contributed by atoms with Gasteiger partial charge in [-0.3, -0.25) is 4.79 Å². The van der Waals surface area contributed by atoms with E-state index < -0.39 is 5.82 Å². The lowest BCUT2D eigenvalue weighted by molar-refractivity contribution is 0.103. The minimum atomic E-state index is -0.596. The first-order valence-corrected chi connectivity index (χ1v) is 7.32. The average molecular weight is 406 g/mol. The molecule has 0 spiro atoms. The van der Waals surface area contributed by atoms with Crippen molar-refractivity contribution in [2.45, 2.75) is 6.92 Å². The van der Waals surface area contributed by atoms with Gasteiger partial charge in [-0.15, -0.1) is 0 Å². The van der Waals surface area contributed by atoms with E-state index in [1.54, 1.807) is 18.2 Å². The van der Waals surface area contributed by atoms with Crippen molar-refractivity contribution in [2.24, 2.45) is 0 Å². The standard InChI is InChI=1S/C14H8Br2ClFO/c1-7-4-8(2-3-10(7)15)14(19)9-5-12(17)11(16)6-13(9)18/h2-6H,1H3. The highest BCUT2D eigenvalue weighted by molar-refractivity contribution is 9.10. The largest absolute Gasteiger partial charge is 0.288 e. The summed E-state index contributed by atoms with van der Waals surface area (Å²) < 4.78 is 15.2. The van der Waals surface area contributed by atoms with E-state index in [1.165, 1.54) is 12.1 Å². The first-order valence-electron chi connectivity index (χ1n) is 5.35. The van der Waals surface area contributed by atoms with Crippen LogP contribution in [0, 0.1) is 12.7 Å². The van der Waals surface area contributed by atoms with E-state index in [9.17, 15) is 9.18 Å². The molecule has 0 unspecified atom stereocenters. The molecule has 2 aromatic rings. The fourth-order valence-electron chi connectivity index (χ4n) is 1.64. The van der Waals surface area contributed by atoms with Crippen LogP contribution in [0.3, 0.4) is 0 Å². The summed E-state index contributed by atoms with van der Waals surface area (Å²) in [5, 5.41) is 0.304. The van der Waals surface area contributed by atoms with Crippen LogP contribution in [0.4, 0.5) is 4.39 Å². The normalized spacial score (nSPS) is 10.6. The summed E-state index contributed by atoms with van der Waals surface area (Å²) in [6.45, 7) is 1.87. The molecule has 0 amide bonds. The highest BCUT2D eigenvalue weighted by atomic mass is 79.9. The van der Waals surface area contributed by atoms with Gasteiger partial charge < -0.3 is 0 Å². The summed E-state index contributed by atoms with van der Waals surface area (Å²) >= 11 is 12.4. The highest BCUT2D eigenvalue weighted by Crippen LogP contribution is 2.27. The zero-order valence-corrected chi connectivity index (χ0v) is 13.7. The quantitative estimate of drug-likeness (QED) is 0.473. The third kappa shape index (κ3) is 3.07. The Bertz CT molecular complexity index is 671. The molecule has 0 fully saturated rings. The number of halogens is 4. The number of ketones is 1. The van der Waals surface area contributed by atoms with Crippen LogP contribution < -0.4 is 0 Å². The maximum absolute atomic E-state index is 13.8. The Morgan fingerprint density at radius 3 is 2.47 bits per heavy atom. The monoisotopic (exact) mass is 404 g/mol. The van der Waals surface area contributed by atoms with Crippen molar-refractivity contribution in [1.82, 2.24) is 0 Å². The van der Waals surface area contributed by atoms with E-state index in [4.69, 9.17) is 11.6 Å². The smallest absolute Gasteiger partial charge is 0.196 e. The summed E-state index contributed by atoms with van der Waals surface area (Å²) in [7, 11) is 0. The Hall–Kier alpha value is -0.710. The molecule has 98 valence electrons. The highest BCUT2D eigenvalue weighted by Gasteiger charge is 2.16. The molecule has 19 heavy (non-hydrogen) atoms. The van der Waals surface area contributed by atoms with Crippen molar-refractivity contribution in [3.05, 3.63) is 66.8 Å². The fraction of sp³-hybridized carbons (Fsp3) is 0.0714. The molecule has 0 saturated heterocycles. The second-order valence-corrected chi connectivity index (χ2v) is 6.16. The first kappa shape index (κ1) is 14.7. The lowest BCUT2D eigenvalue weighted by Crippen LogP contribution is -2.05. The summed E-state index contributed by atoms with van der Waals surface area (Å²) in [5.41, 5.74) is 1.31. The van der Waals surface area contributed by atoms with E-state index in [-0.39, 0.29) is 11.3 Å². The van der Waals surface area contributed by atoms with Gasteiger partial charge in [0, 0.05) is 14.5 Å². The third-order valence-electron chi connectivity index (χ3n) is 2.67. The van der Waals surface area contributed by atoms with Crippen LogP contribution in [0.15, 0.2) is 39.3 Å². The molecule has 0 saturated carbocycles. The number of carbonyl (C=O) groups is 1. The molecular formula is C14H8Br2ClFO. The number of hydrogen-bond acceptors (Lipinski definition) is 1. The molecule has 2 rings (SSSR count). The van der Waals surface area contributed by atoms with Gasteiger partial charge >= 0.3 is 0 Å². The Labute approximate surface area is 132 Å². The molecule has 0 aromatic heterocycles. The number of benzene rings is 2. The maximum Gasteiger partial charge on any atom is 0.196 e. The molecule has 5 heteroatoms. The van der Waals surface area contributed by atoms with Crippen molar-refractivity contribution < 1.29 is 9.18 Å². The Morgan fingerprint density at radius 2 is 1.84 bits per heavy atom. The number of aryl methyl sites for hydroxylation is 1. The first-order chi connectivity index (χ1) is 8.90. The number of hydrogen-bond donors (Lipinski definition) is 0. The Kier molecular flexibility index (Phi) is 4.43. The van der Waals surface area contributed by atoms with Crippen LogP contribution in [0.25, 0.3) is 0 Å². The molecule has 1 nitrogen and oxygen atoms in total. The van der Waals surface area contributed by atoms with E-state index in [0.717, 1.165) is 10.0 Å². The van der Waals surface area contributed by atoms with E-state index >= 15 is 0 Å². The molecule has 0 aliphatic carbocycles. The molecule has 2 aromatic carbocycles. The second kappa shape index (κ2) is 5.73. The second-order valence-electron chi connectivity index (χ2n) is 4.04. The molecule has 0 radical (unpaired) electrons. The average Bonchev–Trinajstić information content (AvgIpc) is 2.36. The van der Waals surface area contributed by atoms with Gasteiger partial charge in [0.05, 0.1) is 10.6 Å². The topological polar surface area (TPSA) is 17.1 Å². The molecule has 0 atom stereocenters. The summed E-state index contributed by atoms with van der Waals surface area (Å²) in [6.07, 6.45) is 0. The van der Waals surface area contributed by atoms with E-state index in [0.29, 0.717) is 15.1 Å². The van der Waals surface area contributed by atoms with Crippen molar-refractivity contribution in [3.63, 3.8) is 0 Å². The minimum Gasteiger partial charge on any atom is -0.288 e. The van der Waals surface area contributed by atoms with Crippen molar-refractivity contribution >= 4 is 49.2 Å². The Morgan fingerprint density at radius 1 is 1.16 bits per heavy atom. The van der Waals surface area contributed by atoms with Crippen LogP contribution in [-0.2, 0) is 0 Å². The van der Waals surface area contributed by atoms with Gasteiger partial charge in [-0.05, 0) is 58.7 Å². The van der Waals surface area contributed by atoms with Crippen LogP contribution in [-0.4, -0.2) is 5.78 Å². The van der Waals surface area contributed by atoms with Gasteiger partial charge in [0.1, 0.15) is 5.82 Å². The number of carbonyl (C=O) groups excluding carboxylic acids is 1. The van der Waals surface area contributed by atoms with Crippen LogP contribution in [0.5, 0.6) is 0 Å². The van der Waals surface area contributed by atoms with Gasteiger partial charge in [-0.1, -0.05) is 27.5 Å². The Balaban J connectivity index is 2.49. The molecule has 0 heterocycles. The molecule has 0 aliphatic rings. The van der Waals surface area contributed by atoms with Crippen molar-refractivity contribution in [3.8, 4) is 0 Å². The van der Waals surface area contributed by atoms with Gasteiger partial charge in [0.25, 0.3) is 0 Å². The fourth-order valence-corrected chi connectivity index (χ4v) is 2.36. The van der Waals surface area contributed by atoms with E-state index in [2.05, 4.69) is 31.9 Å².